The molecule has 2 aliphatic carbocycles. The van der Waals surface area contributed by atoms with Gasteiger partial charge in [-0.1, -0.05) is 121 Å². The van der Waals surface area contributed by atoms with Gasteiger partial charge < -0.3 is 4.74 Å². The van der Waals surface area contributed by atoms with Crippen molar-refractivity contribution in [3.63, 3.8) is 0 Å². The second kappa shape index (κ2) is 8.56. The van der Waals surface area contributed by atoms with E-state index in [4.69, 9.17) is 4.74 Å². The summed E-state index contributed by atoms with van der Waals surface area (Å²) in [7, 11) is 0. The van der Waals surface area contributed by atoms with Crippen LogP contribution >= 0.6 is 0 Å². The zero-order valence-electron chi connectivity index (χ0n) is 23.4. The highest BCUT2D eigenvalue weighted by Crippen LogP contribution is 2.51. The fourth-order valence-corrected chi connectivity index (χ4v) is 7.86. The Morgan fingerprint density at radius 3 is 2.00 bits per heavy atom. The smallest absolute Gasteiger partial charge is 0.135 e. The Balaban J connectivity index is 1.10. The maximum Gasteiger partial charge on any atom is 0.135 e. The van der Waals surface area contributed by atoms with E-state index in [1.165, 1.54) is 70.9 Å². The van der Waals surface area contributed by atoms with Crippen molar-refractivity contribution in [3.05, 3.63) is 155 Å². The second-order valence-electron chi connectivity index (χ2n) is 12.0. The zero-order valence-corrected chi connectivity index (χ0v) is 23.4. The van der Waals surface area contributed by atoms with Gasteiger partial charge in [-0.3, -0.25) is 0 Å². The highest BCUT2D eigenvalue weighted by molar-refractivity contribution is 6.06. The van der Waals surface area contributed by atoms with Crippen LogP contribution < -0.4 is 15.2 Å². The van der Waals surface area contributed by atoms with Gasteiger partial charge in [0, 0.05) is 22.8 Å². The van der Waals surface area contributed by atoms with Crippen molar-refractivity contribution < 1.29 is 4.74 Å². The Kier molecular flexibility index (Phi) is 4.62. The normalized spacial score (nSPS) is 16.9. The third kappa shape index (κ3) is 3.28. The minimum absolute atomic E-state index is 0.391. The van der Waals surface area contributed by atoms with Crippen LogP contribution in [-0.2, 0) is 0 Å². The van der Waals surface area contributed by atoms with Crippen LogP contribution in [0.5, 0.6) is 11.5 Å². The molecule has 0 aromatic heterocycles. The fourth-order valence-electron chi connectivity index (χ4n) is 7.86. The van der Waals surface area contributed by atoms with Gasteiger partial charge in [0.1, 0.15) is 11.5 Å². The summed E-state index contributed by atoms with van der Waals surface area (Å²) >= 11 is 0. The van der Waals surface area contributed by atoms with Gasteiger partial charge in [0.15, 0.2) is 0 Å². The summed E-state index contributed by atoms with van der Waals surface area (Å²) in [6.45, 7) is 0. The average molecular weight is 547 g/mol. The van der Waals surface area contributed by atoms with Crippen LogP contribution in [0.3, 0.4) is 0 Å². The fraction of sp³-hybridized carbons (Fsp3) is 0.0476. The van der Waals surface area contributed by atoms with Crippen LogP contribution in [0.15, 0.2) is 133 Å². The van der Waals surface area contributed by atoms with Gasteiger partial charge >= 0.3 is 0 Å². The molecule has 1 heteroatoms. The van der Waals surface area contributed by atoms with Crippen LogP contribution in [0.2, 0.25) is 0 Å². The molecule has 0 N–H and O–H groups in total. The molecule has 0 bridgehead atoms. The van der Waals surface area contributed by atoms with Gasteiger partial charge in [0.2, 0.25) is 0 Å². The predicted molar refractivity (Wildman–Crippen MR) is 178 cm³/mol. The first-order valence-corrected chi connectivity index (χ1v) is 15.1. The topological polar surface area (TPSA) is 9.23 Å². The third-order valence-electron chi connectivity index (χ3n) is 9.79. The maximum absolute atomic E-state index is 6.37. The SMILES string of the molecule is C1=c2ccccc2=CC2c3ccc(-c4cccc(-c5ccc6c(c5)-c5cccc7cccc(c57)O6)c4)c4cccc(c34)C12. The molecule has 2 atom stereocenters. The Morgan fingerprint density at radius 1 is 0.419 bits per heavy atom. The van der Waals surface area contributed by atoms with E-state index in [-0.39, 0.29) is 0 Å². The van der Waals surface area contributed by atoms with Crippen molar-refractivity contribution in [3.8, 4) is 44.9 Å². The monoisotopic (exact) mass is 546 g/mol. The lowest BCUT2D eigenvalue weighted by Crippen LogP contribution is -2.29. The molecule has 10 rings (SSSR count). The van der Waals surface area contributed by atoms with Gasteiger partial charge in [-0.05, 0) is 89.8 Å². The molecule has 3 aliphatic rings. The zero-order chi connectivity index (χ0) is 28.1. The summed E-state index contributed by atoms with van der Waals surface area (Å²) in [5, 5.41) is 7.86. The number of rotatable bonds is 2. The molecule has 0 saturated heterocycles. The molecule has 1 heterocycles. The van der Waals surface area contributed by atoms with Crippen molar-refractivity contribution in [2.75, 3.05) is 0 Å². The molecule has 0 fully saturated rings. The molecule has 1 aliphatic heterocycles. The van der Waals surface area contributed by atoms with Crippen LogP contribution in [0.25, 0.3) is 67.1 Å². The first kappa shape index (κ1) is 23.2. The van der Waals surface area contributed by atoms with E-state index in [0.29, 0.717) is 11.8 Å². The van der Waals surface area contributed by atoms with Crippen molar-refractivity contribution in [2.45, 2.75) is 11.8 Å². The quantitative estimate of drug-likeness (QED) is 0.210. The van der Waals surface area contributed by atoms with Crippen molar-refractivity contribution in [1.29, 1.82) is 0 Å². The van der Waals surface area contributed by atoms with Crippen LogP contribution in [0, 0.1) is 0 Å². The maximum atomic E-state index is 6.37. The molecule has 0 saturated carbocycles. The first-order chi connectivity index (χ1) is 21.3. The highest BCUT2D eigenvalue weighted by Gasteiger charge is 2.33. The standard InChI is InChI=1S/C42H26O/c1-2-8-28-23-37-35-19-18-31(32-14-6-15-33(42(32)35)36(37)22-27(28)7-1)30-12-3-11-26(21-30)29-17-20-39-38(24-29)34-13-4-9-25-10-5-16-40(43-39)41(25)34/h1-24,36-37H. The van der Waals surface area contributed by atoms with E-state index in [1.807, 2.05) is 0 Å². The van der Waals surface area contributed by atoms with Gasteiger partial charge in [-0.2, -0.15) is 0 Å². The largest absolute Gasteiger partial charge is 0.456 e. The molecular formula is C42H26O. The number of ether oxygens (including phenoxy) is 1. The lowest BCUT2D eigenvalue weighted by molar-refractivity contribution is 0.487. The summed E-state index contributed by atoms with van der Waals surface area (Å²) in [5.74, 6) is 2.63. The molecule has 2 unspecified atom stereocenters. The second-order valence-corrected chi connectivity index (χ2v) is 12.0. The highest BCUT2D eigenvalue weighted by atomic mass is 16.5. The van der Waals surface area contributed by atoms with Crippen LogP contribution in [0.1, 0.15) is 23.0 Å². The molecule has 7 aromatic carbocycles. The Bertz CT molecular complexity index is 2400. The van der Waals surface area contributed by atoms with E-state index in [9.17, 15) is 0 Å². The molecule has 1 nitrogen and oxygen atoms in total. The molecule has 43 heavy (non-hydrogen) atoms. The van der Waals surface area contributed by atoms with E-state index in [2.05, 4.69) is 146 Å². The Labute approximate surface area is 249 Å². The lowest BCUT2D eigenvalue weighted by Gasteiger charge is -2.22. The average Bonchev–Trinajstić information content (AvgIpc) is 3.38. The molecule has 0 spiro atoms. The van der Waals surface area contributed by atoms with Crippen LogP contribution in [-0.4, -0.2) is 0 Å². The molecular weight excluding hydrogens is 520 g/mol. The lowest BCUT2D eigenvalue weighted by atomic mass is 9.85. The van der Waals surface area contributed by atoms with Crippen LogP contribution in [0.4, 0.5) is 0 Å². The Hall–Kier alpha value is -5.40. The molecule has 200 valence electrons. The molecule has 0 amide bonds. The summed E-state index contributed by atoms with van der Waals surface area (Å²) in [5.41, 5.74) is 10.2. The summed E-state index contributed by atoms with van der Waals surface area (Å²) < 4.78 is 6.37. The molecule has 7 aromatic rings. The van der Waals surface area contributed by atoms with Gasteiger partial charge in [0.25, 0.3) is 0 Å². The van der Waals surface area contributed by atoms with Crippen molar-refractivity contribution in [2.24, 2.45) is 0 Å². The third-order valence-corrected chi connectivity index (χ3v) is 9.79. The van der Waals surface area contributed by atoms with E-state index >= 15 is 0 Å². The summed E-state index contributed by atoms with van der Waals surface area (Å²) in [6.07, 6.45) is 4.96. The summed E-state index contributed by atoms with van der Waals surface area (Å²) in [4.78, 5) is 0. The van der Waals surface area contributed by atoms with E-state index < -0.39 is 0 Å². The predicted octanol–water partition coefficient (Wildman–Crippen LogP) is 9.56. The number of fused-ring (bicyclic) bond motifs is 6. The van der Waals surface area contributed by atoms with Gasteiger partial charge in [0.05, 0.1) is 0 Å². The number of hydrogen-bond donors (Lipinski definition) is 0. The number of benzene rings is 7. The number of hydrogen-bond acceptors (Lipinski definition) is 1. The van der Waals surface area contributed by atoms with E-state index in [1.54, 1.807) is 0 Å². The van der Waals surface area contributed by atoms with Crippen molar-refractivity contribution >= 4 is 33.7 Å². The molecule has 0 radical (unpaired) electrons. The summed E-state index contributed by atoms with van der Waals surface area (Å²) in [6, 6.07) is 48.8. The van der Waals surface area contributed by atoms with Gasteiger partial charge in [-0.15, -0.1) is 0 Å². The Morgan fingerprint density at radius 2 is 1.14 bits per heavy atom. The minimum Gasteiger partial charge on any atom is -0.456 e. The van der Waals surface area contributed by atoms with Gasteiger partial charge in [-0.25, -0.2) is 0 Å². The minimum atomic E-state index is 0.391. The first-order valence-electron chi connectivity index (χ1n) is 15.1. The van der Waals surface area contributed by atoms with Crippen molar-refractivity contribution in [1.82, 2.24) is 0 Å². The van der Waals surface area contributed by atoms with E-state index in [0.717, 1.165) is 17.1 Å².